The number of nitrogens with zero attached hydrogens (tertiary/aromatic N) is 1. The van der Waals surface area contributed by atoms with Gasteiger partial charge in [-0.2, -0.15) is 0 Å². The lowest BCUT2D eigenvalue weighted by molar-refractivity contribution is -0.133. The minimum absolute atomic E-state index is 0.191. The monoisotopic (exact) mass is 289 g/mol. The minimum Gasteiger partial charge on any atom is -0.387 e. The predicted molar refractivity (Wildman–Crippen MR) is 85.3 cm³/mol. The molecule has 1 aliphatic heterocycles. The van der Waals surface area contributed by atoms with Gasteiger partial charge in [0.05, 0.1) is 12.6 Å². The first-order chi connectivity index (χ1) is 9.99. The number of carbonyl (C=O) groups is 1. The number of β-amino-alcohol motifs (C(OH)–C–C–N with tert-alkyl or cyclic N) is 1. The molecule has 116 valence electrons. The van der Waals surface area contributed by atoms with Crippen LogP contribution in [0.25, 0.3) is 0 Å². The number of hydrogen-bond acceptors (Lipinski definition) is 2. The second kappa shape index (κ2) is 7.08. The van der Waals surface area contributed by atoms with Crippen molar-refractivity contribution in [2.75, 3.05) is 13.1 Å². The third-order valence-corrected chi connectivity index (χ3v) is 4.39. The van der Waals surface area contributed by atoms with Crippen molar-refractivity contribution in [3.05, 3.63) is 34.4 Å². The summed E-state index contributed by atoms with van der Waals surface area (Å²) in [7, 11) is 0. The lowest BCUT2D eigenvalue weighted by atomic mass is 9.95. The van der Waals surface area contributed by atoms with E-state index in [-0.39, 0.29) is 5.91 Å². The van der Waals surface area contributed by atoms with Crippen LogP contribution < -0.4 is 0 Å². The summed E-state index contributed by atoms with van der Waals surface area (Å²) in [6.07, 6.45) is 4.39. The van der Waals surface area contributed by atoms with Crippen molar-refractivity contribution in [3.63, 3.8) is 0 Å². The summed E-state index contributed by atoms with van der Waals surface area (Å²) in [5.74, 6) is 0.191. The van der Waals surface area contributed by atoms with E-state index in [0.717, 1.165) is 42.5 Å². The van der Waals surface area contributed by atoms with Gasteiger partial charge < -0.3 is 10.0 Å². The normalized spacial score (nSPS) is 18.3. The molecule has 1 aromatic rings. The number of likely N-dealkylation sites (tertiary alicyclic amines) is 1. The van der Waals surface area contributed by atoms with Gasteiger partial charge in [-0.25, -0.2) is 0 Å². The third-order valence-electron chi connectivity index (χ3n) is 4.39. The Morgan fingerprint density at radius 1 is 1.10 bits per heavy atom. The van der Waals surface area contributed by atoms with Gasteiger partial charge in [0.25, 0.3) is 0 Å². The SMILES string of the molecule is Cc1cc(C)c(C(O)CN2CCCCCCC2=O)c(C)c1. The number of aliphatic hydroxyl groups is 1. The Balaban J connectivity index is 2.12. The van der Waals surface area contributed by atoms with Gasteiger partial charge in [-0.3, -0.25) is 4.79 Å². The topological polar surface area (TPSA) is 40.5 Å². The highest BCUT2D eigenvalue weighted by molar-refractivity contribution is 5.76. The molecular weight excluding hydrogens is 262 g/mol. The van der Waals surface area contributed by atoms with Crippen molar-refractivity contribution >= 4 is 5.91 Å². The molecule has 0 spiro atoms. The second-order valence-corrected chi connectivity index (χ2v) is 6.33. The van der Waals surface area contributed by atoms with Crippen LogP contribution in [0.4, 0.5) is 0 Å². The van der Waals surface area contributed by atoms with Gasteiger partial charge in [0.2, 0.25) is 5.91 Å². The molecule has 1 heterocycles. The highest BCUT2D eigenvalue weighted by Crippen LogP contribution is 2.25. The third kappa shape index (κ3) is 4.07. The molecule has 21 heavy (non-hydrogen) atoms. The zero-order chi connectivity index (χ0) is 15.4. The fourth-order valence-corrected chi connectivity index (χ4v) is 3.43. The average molecular weight is 289 g/mol. The Labute approximate surface area is 128 Å². The Hall–Kier alpha value is -1.35. The van der Waals surface area contributed by atoms with E-state index in [2.05, 4.69) is 19.1 Å². The fraction of sp³-hybridized carbons (Fsp3) is 0.611. The Morgan fingerprint density at radius 3 is 2.38 bits per heavy atom. The maximum absolute atomic E-state index is 12.2. The molecule has 1 N–H and O–H groups in total. The second-order valence-electron chi connectivity index (χ2n) is 6.33. The van der Waals surface area contributed by atoms with Gasteiger partial charge in [0.15, 0.2) is 0 Å². The molecular formula is C18H27NO2. The standard InChI is InChI=1S/C18H27NO2/c1-13-10-14(2)18(15(3)11-13)16(20)12-19-9-7-5-4-6-8-17(19)21/h10-11,16,20H,4-9,12H2,1-3H3. The van der Waals surface area contributed by atoms with Crippen molar-refractivity contribution in [1.29, 1.82) is 0 Å². The molecule has 1 unspecified atom stereocenters. The predicted octanol–water partition coefficient (Wildman–Crippen LogP) is 3.44. The van der Waals surface area contributed by atoms with Gasteiger partial charge in [-0.05, 0) is 50.3 Å². The van der Waals surface area contributed by atoms with E-state index in [9.17, 15) is 9.90 Å². The van der Waals surface area contributed by atoms with Crippen LogP contribution in [-0.2, 0) is 4.79 Å². The summed E-state index contributed by atoms with van der Waals surface area (Å²) in [6, 6.07) is 4.20. The van der Waals surface area contributed by atoms with Crippen LogP contribution >= 0.6 is 0 Å². The zero-order valence-corrected chi connectivity index (χ0v) is 13.5. The van der Waals surface area contributed by atoms with Gasteiger partial charge in [0.1, 0.15) is 0 Å². The smallest absolute Gasteiger partial charge is 0.222 e. The molecule has 1 fully saturated rings. The molecule has 1 saturated heterocycles. The molecule has 2 rings (SSSR count). The zero-order valence-electron chi connectivity index (χ0n) is 13.5. The lowest BCUT2D eigenvalue weighted by Gasteiger charge is -2.28. The number of rotatable bonds is 3. The lowest BCUT2D eigenvalue weighted by Crippen LogP contribution is -2.36. The van der Waals surface area contributed by atoms with E-state index in [0.29, 0.717) is 13.0 Å². The van der Waals surface area contributed by atoms with Crippen molar-refractivity contribution in [2.45, 2.75) is 59.0 Å². The first kappa shape index (κ1) is 16.0. The molecule has 1 amide bonds. The summed E-state index contributed by atoms with van der Waals surface area (Å²) in [5.41, 5.74) is 4.41. The van der Waals surface area contributed by atoms with Crippen LogP contribution in [0.2, 0.25) is 0 Å². The number of carbonyl (C=O) groups excluding carboxylic acids is 1. The molecule has 0 aromatic heterocycles. The van der Waals surface area contributed by atoms with Crippen molar-refractivity contribution in [2.24, 2.45) is 0 Å². The van der Waals surface area contributed by atoms with E-state index in [1.54, 1.807) is 0 Å². The molecule has 0 bridgehead atoms. The van der Waals surface area contributed by atoms with Crippen LogP contribution in [0.1, 0.15) is 60.5 Å². The molecule has 0 aliphatic carbocycles. The van der Waals surface area contributed by atoms with Crippen LogP contribution in [0.5, 0.6) is 0 Å². The fourth-order valence-electron chi connectivity index (χ4n) is 3.43. The molecule has 1 aliphatic rings. The molecule has 3 nitrogen and oxygen atoms in total. The van der Waals surface area contributed by atoms with Gasteiger partial charge in [0, 0.05) is 13.0 Å². The molecule has 1 atom stereocenters. The van der Waals surface area contributed by atoms with Crippen molar-refractivity contribution in [1.82, 2.24) is 4.90 Å². The van der Waals surface area contributed by atoms with E-state index in [4.69, 9.17) is 0 Å². The maximum Gasteiger partial charge on any atom is 0.222 e. The first-order valence-corrected chi connectivity index (χ1v) is 8.02. The van der Waals surface area contributed by atoms with Crippen LogP contribution in [0.15, 0.2) is 12.1 Å². The molecule has 0 radical (unpaired) electrons. The molecule has 0 saturated carbocycles. The van der Waals surface area contributed by atoms with Crippen LogP contribution in [0, 0.1) is 20.8 Å². The largest absolute Gasteiger partial charge is 0.387 e. The minimum atomic E-state index is -0.589. The summed E-state index contributed by atoms with van der Waals surface area (Å²) >= 11 is 0. The van der Waals surface area contributed by atoms with Gasteiger partial charge >= 0.3 is 0 Å². The quantitative estimate of drug-likeness (QED) is 0.926. The van der Waals surface area contributed by atoms with Gasteiger partial charge in [-0.15, -0.1) is 0 Å². The van der Waals surface area contributed by atoms with E-state index < -0.39 is 6.10 Å². The van der Waals surface area contributed by atoms with E-state index >= 15 is 0 Å². The first-order valence-electron chi connectivity index (χ1n) is 8.02. The van der Waals surface area contributed by atoms with E-state index in [1.165, 1.54) is 12.0 Å². The number of benzene rings is 1. The molecule has 1 aromatic carbocycles. The van der Waals surface area contributed by atoms with Gasteiger partial charge in [-0.1, -0.05) is 30.5 Å². The number of aryl methyl sites for hydroxylation is 3. The number of amides is 1. The summed E-state index contributed by atoms with van der Waals surface area (Å²) in [6.45, 7) is 7.34. The average Bonchev–Trinajstić information content (AvgIpc) is 2.37. The van der Waals surface area contributed by atoms with E-state index in [1.807, 2.05) is 18.7 Å². The summed E-state index contributed by atoms with van der Waals surface area (Å²) in [4.78, 5) is 14.0. The van der Waals surface area contributed by atoms with Crippen LogP contribution in [0.3, 0.4) is 0 Å². The number of aliphatic hydroxyl groups excluding tert-OH is 1. The Bertz CT molecular complexity index is 487. The summed E-state index contributed by atoms with van der Waals surface area (Å²) < 4.78 is 0. The molecule has 3 heteroatoms. The van der Waals surface area contributed by atoms with Crippen LogP contribution in [-0.4, -0.2) is 29.0 Å². The summed E-state index contributed by atoms with van der Waals surface area (Å²) in [5, 5.41) is 10.6. The Kier molecular flexibility index (Phi) is 5.40. The van der Waals surface area contributed by atoms with Crippen molar-refractivity contribution in [3.8, 4) is 0 Å². The Morgan fingerprint density at radius 2 is 1.71 bits per heavy atom. The van der Waals surface area contributed by atoms with Crippen molar-refractivity contribution < 1.29 is 9.90 Å². The highest BCUT2D eigenvalue weighted by Gasteiger charge is 2.21. The maximum atomic E-state index is 12.2. The number of hydrogen-bond donors (Lipinski definition) is 1. The highest BCUT2D eigenvalue weighted by atomic mass is 16.3.